The molecule has 4 nitrogen and oxygen atoms in total. The molecular weight excluding hydrogens is 146 g/mol. The highest BCUT2D eigenvalue weighted by Gasteiger charge is 2.48. The van der Waals surface area contributed by atoms with Gasteiger partial charge in [-0.3, -0.25) is 9.59 Å². The van der Waals surface area contributed by atoms with Gasteiger partial charge in [0.25, 0.3) is 0 Å². The third-order valence-electron chi connectivity index (χ3n) is 1.58. The quantitative estimate of drug-likeness (QED) is 0.425. The van der Waals surface area contributed by atoms with Crippen molar-refractivity contribution in [2.24, 2.45) is 5.41 Å². The molecule has 0 saturated carbocycles. The van der Waals surface area contributed by atoms with Gasteiger partial charge in [0.2, 0.25) is 5.91 Å². The molecule has 1 rings (SSSR count). The van der Waals surface area contributed by atoms with Crippen molar-refractivity contribution in [1.29, 1.82) is 0 Å². The predicted molar refractivity (Wildman–Crippen MR) is 40.1 cm³/mol. The van der Waals surface area contributed by atoms with Gasteiger partial charge in [-0.1, -0.05) is 13.8 Å². The Morgan fingerprint density at radius 3 is 2.09 bits per heavy atom. The number of carboxylic acid groups (broad SMARTS) is 1. The van der Waals surface area contributed by atoms with Gasteiger partial charge in [-0.15, -0.1) is 0 Å². The molecule has 0 aromatic heterocycles. The molecule has 1 aliphatic heterocycles. The summed E-state index contributed by atoms with van der Waals surface area (Å²) in [5.41, 5.74) is -1.15. The number of hydrogen-bond acceptors (Lipinski definition) is 2. The Morgan fingerprint density at radius 1 is 1.64 bits per heavy atom. The van der Waals surface area contributed by atoms with Crippen molar-refractivity contribution in [1.82, 2.24) is 5.32 Å². The Kier molecular flexibility index (Phi) is 3.04. The molecule has 1 amide bonds. The van der Waals surface area contributed by atoms with Crippen molar-refractivity contribution in [3.63, 3.8) is 0 Å². The number of carboxylic acids is 1. The van der Waals surface area contributed by atoms with Gasteiger partial charge < -0.3 is 10.4 Å². The van der Waals surface area contributed by atoms with Crippen LogP contribution < -0.4 is 5.32 Å². The highest BCUT2D eigenvalue weighted by molar-refractivity contribution is 6.06. The fourth-order valence-corrected chi connectivity index (χ4v) is 0.598. The summed E-state index contributed by atoms with van der Waals surface area (Å²) in [6, 6.07) is 0. The topological polar surface area (TPSA) is 66.4 Å². The van der Waals surface area contributed by atoms with Gasteiger partial charge in [0.05, 0.1) is 0 Å². The van der Waals surface area contributed by atoms with Gasteiger partial charge >= 0.3 is 5.97 Å². The second kappa shape index (κ2) is 3.37. The summed E-state index contributed by atoms with van der Waals surface area (Å²) in [5, 5.41) is 10.8. The minimum atomic E-state index is -1.15. The summed E-state index contributed by atoms with van der Waals surface area (Å²) in [4.78, 5) is 20.8. The number of carbonyl (C=O) groups is 2. The number of amides is 1. The van der Waals surface area contributed by atoms with Crippen molar-refractivity contribution in [3.05, 3.63) is 0 Å². The lowest BCUT2D eigenvalue weighted by atomic mass is 9.83. The van der Waals surface area contributed by atoms with Crippen molar-refractivity contribution < 1.29 is 14.7 Å². The van der Waals surface area contributed by atoms with E-state index in [9.17, 15) is 9.59 Å². The maximum absolute atomic E-state index is 10.5. The molecule has 1 atom stereocenters. The Labute approximate surface area is 65.6 Å². The van der Waals surface area contributed by atoms with Crippen LogP contribution in [-0.4, -0.2) is 23.5 Å². The zero-order valence-electron chi connectivity index (χ0n) is 6.97. The van der Waals surface area contributed by atoms with Crippen molar-refractivity contribution in [2.75, 3.05) is 6.54 Å². The minimum Gasteiger partial charge on any atom is -0.480 e. The van der Waals surface area contributed by atoms with Crippen molar-refractivity contribution in [2.45, 2.75) is 20.8 Å². The molecule has 2 N–H and O–H groups in total. The van der Waals surface area contributed by atoms with Crippen LogP contribution in [0.2, 0.25) is 0 Å². The first-order chi connectivity index (χ1) is 5.07. The molecule has 0 aromatic carbocycles. The summed E-state index contributed by atoms with van der Waals surface area (Å²) in [7, 11) is 0. The summed E-state index contributed by atoms with van der Waals surface area (Å²) < 4.78 is 0. The van der Waals surface area contributed by atoms with Gasteiger partial charge in [-0.05, 0) is 6.92 Å². The largest absolute Gasteiger partial charge is 0.480 e. The van der Waals surface area contributed by atoms with Gasteiger partial charge in [0.1, 0.15) is 0 Å². The lowest BCUT2D eigenvalue weighted by molar-refractivity contribution is -0.160. The number of hydrogen-bond donors (Lipinski definition) is 2. The molecular formula is C7H13NO3. The maximum Gasteiger partial charge on any atom is 0.320 e. The van der Waals surface area contributed by atoms with Crippen LogP contribution in [0.1, 0.15) is 20.8 Å². The van der Waals surface area contributed by atoms with E-state index < -0.39 is 17.3 Å². The lowest BCUT2D eigenvalue weighted by Gasteiger charge is -2.32. The van der Waals surface area contributed by atoms with E-state index >= 15 is 0 Å². The molecule has 1 aliphatic rings. The van der Waals surface area contributed by atoms with Crippen LogP contribution in [-0.2, 0) is 9.59 Å². The average Bonchev–Trinajstić information content (AvgIpc) is 2.03. The van der Waals surface area contributed by atoms with E-state index in [0.717, 1.165) is 0 Å². The zero-order chi connectivity index (χ0) is 9.07. The van der Waals surface area contributed by atoms with Crippen LogP contribution in [0.5, 0.6) is 0 Å². The van der Waals surface area contributed by atoms with Gasteiger partial charge in [-0.2, -0.15) is 0 Å². The molecule has 0 aromatic rings. The molecule has 1 heterocycles. The Bertz CT molecular complexity index is 169. The summed E-state index contributed by atoms with van der Waals surface area (Å²) in [6.45, 7) is 5.66. The molecule has 11 heavy (non-hydrogen) atoms. The van der Waals surface area contributed by atoms with Crippen LogP contribution in [0.25, 0.3) is 0 Å². The third kappa shape index (κ3) is 1.50. The second-order valence-electron chi connectivity index (χ2n) is 2.32. The molecule has 1 saturated heterocycles. The molecule has 64 valence electrons. The van der Waals surface area contributed by atoms with Crippen LogP contribution >= 0.6 is 0 Å². The monoisotopic (exact) mass is 159 g/mol. The van der Waals surface area contributed by atoms with Crippen LogP contribution in [0.3, 0.4) is 0 Å². The zero-order valence-corrected chi connectivity index (χ0v) is 6.97. The van der Waals surface area contributed by atoms with Crippen LogP contribution in [0.15, 0.2) is 0 Å². The fraction of sp³-hybridized carbons (Fsp3) is 0.714. The maximum atomic E-state index is 10.5. The molecule has 1 fully saturated rings. The third-order valence-corrected chi connectivity index (χ3v) is 1.58. The highest BCUT2D eigenvalue weighted by atomic mass is 16.4. The van der Waals surface area contributed by atoms with E-state index in [4.69, 9.17) is 5.11 Å². The Balaban J connectivity index is 0.000000461. The van der Waals surface area contributed by atoms with Gasteiger partial charge in [0.15, 0.2) is 5.41 Å². The van der Waals surface area contributed by atoms with E-state index in [1.165, 1.54) is 6.92 Å². The first-order valence-electron chi connectivity index (χ1n) is 3.59. The molecule has 0 aliphatic carbocycles. The van der Waals surface area contributed by atoms with Gasteiger partial charge in [0, 0.05) is 6.54 Å². The Morgan fingerprint density at radius 2 is 2.09 bits per heavy atom. The smallest absolute Gasteiger partial charge is 0.320 e. The fourth-order valence-electron chi connectivity index (χ4n) is 0.598. The molecule has 1 unspecified atom stereocenters. The standard InChI is InChI=1S/C5H7NO3.C2H6/c1-5(4(8)9)2-6-3(5)7;1-2/h2H2,1H3,(H,6,7)(H,8,9);1-2H3. The van der Waals surface area contributed by atoms with Crippen molar-refractivity contribution in [3.8, 4) is 0 Å². The SMILES string of the molecule is CC.CC1(C(=O)O)CNC1=O. The summed E-state index contributed by atoms with van der Waals surface area (Å²) in [6.07, 6.45) is 0. The first kappa shape index (κ1) is 9.94. The molecule has 0 bridgehead atoms. The summed E-state index contributed by atoms with van der Waals surface area (Å²) in [5.74, 6) is -1.44. The van der Waals surface area contributed by atoms with E-state index in [0.29, 0.717) is 0 Å². The normalized spacial score (nSPS) is 27.4. The van der Waals surface area contributed by atoms with E-state index in [2.05, 4.69) is 5.32 Å². The van der Waals surface area contributed by atoms with E-state index in [-0.39, 0.29) is 6.54 Å². The number of nitrogens with one attached hydrogen (secondary N) is 1. The van der Waals surface area contributed by atoms with Crippen LogP contribution in [0, 0.1) is 5.41 Å². The molecule has 0 spiro atoms. The Hall–Kier alpha value is -1.06. The number of β-lactam (4-membered cyclic amide) rings is 1. The minimum absolute atomic E-state index is 0.251. The van der Waals surface area contributed by atoms with E-state index in [1.54, 1.807) is 0 Å². The predicted octanol–water partition coefficient (Wildman–Crippen LogP) is 0.233. The van der Waals surface area contributed by atoms with Crippen molar-refractivity contribution >= 4 is 11.9 Å². The summed E-state index contributed by atoms with van der Waals surface area (Å²) >= 11 is 0. The number of rotatable bonds is 1. The number of aliphatic carboxylic acids is 1. The second-order valence-corrected chi connectivity index (χ2v) is 2.32. The van der Waals surface area contributed by atoms with Gasteiger partial charge in [-0.25, -0.2) is 0 Å². The van der Waals surface area contributed by atoms with Crippen LogP contribution in [0.4, 0.5) is 0 Å². The molecule has 4 heteroatoms. The van der Waals surface area contributed by atoms with E-state index in [1.807, 2.05) is 13.8 Å². The average molecular weight is 159 g/mol. The highest BCUT2D eigenvalue weighted by Crippen LogP contribution is 2.22. The molecule has 0 radical (unpaired) electrons. The first-order valence-corrected chi connectivity index (χ1v) is 3.59. The lowest BCUT2D eigenvalue weighted by Crippen LogP contribution is -2.61. The number of carbonyl (C=O) groups excluding carboxylic acids is 1.